The molecule has 0 unspecified atom stereocenters. The molecule has 2 rings (SSSR count). The fraction of sp³-hybridized carbons (Fsp3) is 0.333. The highest BCUT2D eigenvalue weighted by Crippen LogP contribution is 2.30. The summed E-state index contributed by atoms with van der Waals surface area (Å²) in [4.78, 5) is 17.2. The summed E-state index contributed by atoms with van der Waals surface area (Å²) in [6.45, 7) is 0.328. The molecule has 0 fully saturated rings. The average molecular weight is 391 g/mol. The lowest BCUT2D eigenvalue weighted by Crippen LogP contribution is -2.36. The van der Waals surface area contributed by atoms with Gasteiger partial charge in [-0.05, 0) is 25.0 Å². The molecular weight excluding hydrogens is 366 g/mol. The van der Waals surface area contributed by atoms with Gasteiger partial charge in [0.05, 0.1) is 10.9 Å². The zero-order chi connectivity index (χ0) is 20.0. The van der Waals surface area contributed by atoms with Gasteiger partial charge in [0.15, 0.2) is 5.96 Å². The van der Waals surface area contributed by atoms with Gasteiger partial charge in [0.2, 0.25) is 10.0 Å². The number of hydrogen-bond donors (Lipinski definition) is 3. The first kappa shape index (κ1) is 20.7. The molecule has 0 aliphatic heterocycles. The Bertz CT molecular complexity index is 937. The van der Waals surface area contributed by atoms with Crippen LogP contribution in [0.4, 0.5) is 5.69 Å². The van der Waals surface area contributed by atoms with Crippen LogP contribution < -0.4 is 21.1 Å². The van der Waals surface area contributed by atoms with Gasteiger partial charge in [0, 0.05) is 37.1 Å². The third-order valence-corrected chi connectivity index (χ3v) is 5.62. The van der Waals surface area contributed by atoms with Gasteiger partial charge in [-0.25, -0.2) is 13.1 Å². The van der Waals surface area contributed by atoms with E-state index in [9.17, 15) is 13.2 Å². The number of aliphatic imine (C=N–C) groups is 1. The number of hydrogen-bond acceptors (Lipinski definition) is 5. The van der Waals surface area contributed by atoms with E-state index in [-0.39, 0.29) is 10.9 Å². The molecule has 0 saturated carbocycles. The van der Waals surface area contributed by atoms with Crippen LogP contribution in [0.2, 0.25) is 0 Å². The Morgan fingerprint density at radius 1 is 1.19 bits per heavy atom. The minimum Gasteiger partial charge on any atom is -0.377 e. The van der Waals surface area contributed by atoms with Crippen molar-refractivity contribution in [2.75, 3.05) is 25.5 Å². The van der Waals surface area contributed by atoms with Crippen molar-refractivity contribution in [2.24, 2.45) is 16.5 Å². The molecule has 1 atom stereocenters. The Balaban J connectivity index is 2.29. The number of rotatable bonds is 9. The predicted molar refractivity (Wildman–Crippen MR) is 108 cm³/mol. The Hall–Kier alpha value is -2.65. The van der Waals surface area contributed by atoms with Gasteiger partial charge in [-0.15, -0.1) is 0 Å². The number of benzene rings is 2. The molecule has 0 aromatic heterocycles. The molecule has 2 aromatic rings. The van der Waals surface area contributed by atoms with Crippen LogP contribution in [-0.2, 0) is 14.8 Å². The number of aldehydes is 1. The van der Waals surface area contributed by atoms with E-state index in [0.717, 1.165) is 11.1 Å². The van der Waals surface area contributed by atoms with E-state index in [1.165, 1.54) is 6.07 Å². The maximum Gasteiger partial charge on any atom is 0.241 e. The van der Waals surface area contributed by atoms with Gasteiger partial charge in [-0.2, -0.15) is 0 Å². The number of fused-ring (bicyclic) bond motifs is 1. The molecule has 2 aromatic carbocycles. The number of anilines is 1. The van der Waals surface area contributed by atoms with Crippen LogP contribution in [0.15, 0.2) is 46.3 Å². The number of nitrogens with zero attached hydrogens (tertiary/aromatic N) is 2. The summed E-state index contributed by atoms with van der Waals surface area (Å²) in [6.07, 6.45) is 1.36. The monoisotopic (exact) mass is 391 g/mol. The Labute approximate surface area is 159 Å². The van der Waals surface area contributed by atoms with E-state index in [1.807, 2.05) is 37.2 Å². The van der Waals surface area contributed by atoms with Crippen molar-refractivity contribution in [3.05, 3.63) is 36.4 Å². The van der Waals surface area contributed by atoms with Crippen LogP contribution in [0, 0.1) is 0 Å². The smallest absolute Gasteiger partial charge is 0.241 e. The number of sulfonamides is 1. The molecular formula is C18H25N5O3S. The SMILES string of the molecule is CN(C)c1cccc2c(S(=O)(=O)N[C@H](C=O)CCCN=C(N)N)cccc12. The number of nitrogens with two attached hydrogens (primary N) is 2. The van der Waals surface area contributed by atoms with Crippen molar-refractivity contribution >= 4 is 38.7 Å². The van der Waals surface area contributed by atoms with Crippen molar-refractivity contribution in [3.8, 4) is 0 Å². The molecule has 5 N–H and O–H groups in total. The molecule has 0 radical (unpaired) electrons. The van der Waals surface area contributed by atoms with E-state index in [1.54, 1.807) is 12.1 Å². The first-order valence-corrected chi connectivity index (χ1v) is 9.96. The Morgan fingerprint density at radius 2 is 1.85 bits per heavy atom. The number of guanidine groups is 1. The lowest BCUT2D eigenvalue weighted by atomic mass is 10.1. The molecule has 0 spiro atoms. The molecule has 9 heteroatoms. The van der Waals surface area contributed by atoms with Crippen molar-refractivity contribution in [2.45, 2.75) is 23.8 Å². The molecule has 27 heavy (non-hydrogen) atoms. The fourth-order valence-corrected chi connectivity index (χ4v) is 4.25. The second kappa shape index (κ2) is 8.83. The third kappa shape index (κ3) is 5.18. The molecule has 0 heterocycles. The molecule has 0 aliphatic carbocycles. The third-order valence-electron chi connectivity index (χ3n) is 4.07. The van der Waals surface area contributed by atoms with Gasteiger partial charge in [0.25, 0.3) is 0 Å². The van der Waals surface area contributed by atoms with Gasteiger partial charge in [-0.3, -0.25) is 4.99 Å². The summed E-state index contributed by atoms with van der Waals surface area (Å²) >= 11 is 0. The molecule has 0 aliphatic rings. The van der Waals surface area contributed by atoms with E-state index < -0.39 is 16.1 Å². The molecule has 0 amide bonds. The first-order chi connectivity index (χ1) is 12.8. The number of carbonyl (C=O) groups excluding carboxylic acids is 1. The van der Waals surface area contributed by atoms with Crippen molar-refractivity contribution in [1.82, 2.24) is 4.72 Å². The summed E-state index contributed by atoms with van der Waals surface area (Å²) in [5.41, 5.74) is 11.4. The maximum absolute atomic E-state index is 12.9. The lowest BCUT2D eigenvalue weighted by Gasteiger charge is -2.18. The van der Waals surface area contributed by atoms with Gasteiger partial charge in [-0.1, -0.05) is 24.3 Å². The lowest BCUT2D eigenvalue weighted by molar-refractivity contribution is -0.109. The normalized spacial score (nSPS) is 12.5. The van der Waals surface area contributed by atoms with Crippen LogP contribution in [0.25, 0.3) is 10.8 Å². The zero-order valence-corrected chi connectivity index (χ0v) is 16.2. The van der Waals surface area contributed by atoms with Crippen molar-refractivity contribution in [3.63, 3.8) is 0 Å². The van der Waals surface area contributed by atoms with Crippen molar-refractivity contribution in [1.29, 1.82) is 0 Å². The van der Waals surface area contributed by atoms with Gasteiger partial charge in [0.1, 0.15) is 6.29 Å². The Morgan fingerprint density at radius 3 is 2.48 bits per heavy atom. The standard InChI is InChI=1S/C18H25N5O3S/c1-23(2)16-9-3-8-15-14(16)7-4-10-17(15)27(25,26)22-13(12-24)6-5-11-21-18(19)20/h3-4,7-10,12-13,22H,5-6,11H2,1-2H3,(H4,19,20,21)/t13-/m0/s1. The number of carbonyl (C=O) groups is 1. The van der Waals surface area contributed by atoms with Crippen molar-refractivity contribution < 1.29 is 13.2 Å². The predicted octanol–water partition coefficient (Wildman–Crippen LogP) is 0.805. The fourth-order valence-electron chi connectivity index (χ4n) is 2.83. The minimum absolute atomic E-state index is 0.0364. The summed E-state index contributed by atoms with van der Waals surface area (Å²) in [5, 5.41) is 1.42. The van der Waals surface area contributed by atoms with Crippen LogP contribution in [0.5, 0.6) is 0 Å². The second-order valence-electron chi connectivity index (χ2n) is 6.34. The summed E-state index contributed by atoms with van der Waals surface area (Å²) in [6, 6.07) is 9.73. The molecule has 146 valence electrons. The van der Waals surface area contributed by atoms with Crippen LogP contribution in [0.3, 0.4) is 0 Å². The largest absolute Gasteiger partial charge is 0.377 e. The minimum atomic E-state index is -3.88. The quantitative estimate of drug-likeness (QED) is 0.251. The average Bonchev–Trinajstić information content (AvgIpc) is 2.62. The van der Waals surface area contributed by atoms with Crippen LogP contribution in [-0.4, -0.2) is 47.3 Å². The molecule has 8 nitrogen and oxygen atoms in total. The highest BCUT2D eigenvalue weighted by molar-refractivity contribution is 7.89. The first-order valence-electron chi connectivity index (χ1n) is 8.48. The summed E-state index contributed by atoms with van der Waals surface area (Å²) < 4.78 is 28.2. The highest BCUT2D eigenvalue weighted by atomic mass is 32.2. The molecule has 0 bridgehead atoms. The Kier molecular flexibility index (Phi) is 6.75. The summed E-state index contributed by atoms with van der Waals surface area (Å²) in [5.74, 6) is -0.0364. The number of nitrogens with one attached hydrogen (secondary N) is 1. The topological polar surface area (TPSA) is 131 Å². The van der Waals surface area contributed by atoms with E-state index in [2.05, 4.69) is 9.71 Å². The van der Waals surface area contributed by atoms with Gasteiger partial charge >= 0.3 is 0 Å². The van der Waals surface area contributed by atoms with E-state index in [4.69, 9.17) is 11.5 Å². The van der Waals surface area contributed by atoms with E-state index >= 15 is 0 Å². The van der Waals surface area contributed by atoms with Crippen LogP contribution in [0.1, 0.15) is 12.8 Å². The van der Waals surface area contributed by atoms with E-state index in [0.29, 0.717) is 31.1 Å². The highest BCUT2D eigenvalue weighted by Gasteiger charge is 2.22. The van der Waals surface area contributed by atoms with Gasteiger partial charge < -0.3 is 21.2 Å². The molecule has 0 saturated heterocycles. The zero-order valence-electron chi connectivity index (χ0n) is 15.4. The second-order valence-corrected chi connectivity index (χ2v) is 8.02. The maximum atomic E-state index is 12.9. The summed E-state index contributed by atoms with van der Waals surface area (Å²) in [7, 11) is -0.0870. The van der Waals surface area contributed by atoms with Crippen LogP contribution >= 0.6 is 0 Å².